The number of ketones is 1. The van der Waals surface area contributed by atoms with Crippen molar-refractivity contribution in [1.29, 1.82) is 0 Å². The van der Waals surface area contributed by atoms with Gasteiger partial charge in [-0.15, -0.1) is 0 Å². The van der Waals surface area contributed by atoms with Gasteiger partial charge in [0.05, 0.1) is 22.2 Å². The summed E-state index contributed by atoms with van der Waals surface area (Å²) in [5, 5.41) is 11.9. The van der Waals surface area contributed by atoms with E-state index in [-0.39, 0.29) is 43.5 Å². The number of alkyl halides is 2. The highest BCUT2D eigenvalue weighted by molar-refractivity contribution is 6.37. The van der Waals surface area contributed by atoms with Crippen molar-refractivity contribution in [1.82, 2.24) is 4.57 Å². The molecule has 1 saturated heterocycles. The van der Waals surface area contributed by atoms with Crippen molar-refractivity contribution in [3.8, 4) is 0 Å². The van der Waals surface area contributed by atoms with Gasteiger partial charge in [0.1, 0.15) is 0 Å². The minimum Gasteiger partial charge on any atom is -0.390 e. The van der Waals surface area contributed by atoms with Gasteiger partial charge >= 0.3 is 0 Å². The van der Waals surface area contributed by atoms with Gasteiger partial charge in [-0.3, -0.25) is 4.79 Å². The van der Waals surface area contributed by atoms with Gasteiger partial charge in [0.2, 0.25) is 0 Å². The van der Waals surface area contributed by atoms with Crippen LogP contribution in [0.25, 0.3) is 10.9 Å². The Morgan fingerprint density at radius 3 is 2.87 bits per heavy atom. The van der Waals surface area contributed by atoms with Crippen LogP contribution >= 0.6 is 11.6 Å². The van der Waals surface area contributed by atoms with E-state index in [1.165, 1.54) is 0 Å². The number of aliphatic hydroxyl groups is 1. The van der Waals surface area contributed by atoms with Crippen LogP contribution in [-0.4, -0.2) is 39.7 Å². The first kappa shape index (κ1) is 21.7. The Morgan fingerprint density at radius 2 is 2.17 bits per heavy atom. The third-order valence-corrected chi connectivity index (χ3v) is 6.68. The fraction of sp³-hybridized carbons (Fsp3) is 0.609. The predicted octanol–water partition coefficient (Wildman–Crippen LogP) is 5.62. The monoisotopic (exact) mass is 439 g/mol. The Kier molecular flexibility index (Phi) is 5.94. The van der Waals surface area contributed by atoms with Crippen molar-refractivity contribution in [2.75, 3.05) is 6.61 Å². The van der Waals surface area contributed by atoms with Gasteiger partial charge in [-0.25, -0.2) is 8.78 Å². The van der Waals surface area contributed by atoms with Crippen LogP contribution in [0.1, 0.15) is 62.2 Å². The highest BCUT2D eigenvalue weighted by Crippen LogP contribution is 2.44. The van der Waals surface area contributed by atoms with E-state index in [9.17, 15) is 18.7 Å². The topological polar surface area (TPSA) is 51.5 Å². The number of hydrogen-bond donors (Lipinski definition) is 1. The molecule has 1 N–H and O–H groups in total. The quantitative estimate of drug-likeness (QED) is 0.594. The Balaban J connectivity index is 1.55. The summed E-state index contributed by atoms with van der Waals surface area (Å²) < 4.78 is 35.7. The number of ether oxygens (including phenoxy) is 1. The van der Waals surface area contributed by atoms with Crippen LogP contribution in [0.3, 0.4) is 0 Å². The molecule has 1 saturated carbocycles. The van der Waals surface area contributed by atoms with E-state index in [0.717, 1.165) is 25.0 Å². The van der Waals surface area contributed by atoms with Gasteiger partial charge in [-0.05, 0) is 43.7 Å². The average molecular weight is 440 g/mol. The molecule has 1 aliphatic heterocycles. The van der Waals surface area contributed by atoms with E-state index >= 15 is 0 Å². The summed E-state index contributed by atoms with van der Waals surface area (Å²) in [6, 6.07) is 5.51. The third-order valence-electron chi connectivity index (χ3n) is 6.36. The number of nitrogens with zero attached hydrogens (tertiary/aromatic N) is 1. The lowest BCUT2D eigenvalue weighted by molar-refractivity contribution is -0.142. The number of carbonyl (C=O) groups is 1. The zero-order valence-electron chi connectivity index (χ0n) is 17.2. The molecule has 30 heavy (non-hydrogen) atoms. The summed E-state index contributed by atoms with van der Waals surface area (Å²) in [5.74, 6) is -3.36. The molecule has 1 aromatic heterocycles. The fourth-order valence-corrected chi connectivity index (χ4v) is 5.48. The first-order valence-corrected chi connectivity index (χ1v) is 11.1. The molecule has 2 aliphatic rings. The van der Waals surface area contributed by atoms with Gasteiger partial charge < -0.3 is 14.4 Å². The second-order valence-corrected chi connectivity index (χ2v) is 9.56. The Labute approximate surface area is 180 Å². The average Bonchev–Trinajstić information content (AvgIpc) is 3.27. The van der Waals surface area contributed by atoms with Crippen molar-refractivity contribution in [2.24, 2.45) is 5.92 Å². The van der Waals surface area contributed by atoms with Crippen LogP contribution in [0.15, 0.2) is 24.4 Å². The standard InChI is InChI=1S/C23H28ClF2NO3/c1-15-10-22(29,14-23(25,26)11-15)8-7-20(28)17-13-27(12-16-4-3-9-30-16)19-6-2-5-18(24)21(17)19/h2,5-6,13,15-16,29H,3-4,7-12,14H2,1H3. The first-order chi connectivity index (χ1) is 14.2. The van der Waals surface area contributed by atoms with Crippen LogP contribution in [-0.2, 0) is 11.3 Å². The summed E-state index contributed by atoms with van der Waals surface area (Å²) in [6.45, 7) is 3.11. The van der Waals surface area contributed by atoms with Crippen molar-refractivity contribution < 1.29 is 23.4 Å². The molecular weight excluding hydrogens is 412 g/mol. The van der Waals surface area contributed by atoms with E-state index in [0.29, 0.717) is 22.5 Å². The molecule has 3 atom stereocenters. The summed E-state index contributed by atoms with van der Waals surface area (Å²) in [6.07, 6.45) is 3.42. The highest BCUT2D eigenvalue weighted by Gasteiger charge is 2.47. The molecule has 4 nitrogen and oxygen atoms in total. The Bertz CT molecular complexity index is 938. The molecule has 7 heteroatoms. The lowest BCUT2D eigenvalue weighted by Gasteiger charge is -2.39. The number of benzene rings is 1. The maximum absolute atomic E-state index is 14.0. The molecule has 1 aliphatic carbocycles. The summed E-state index contributed by atoms with van der Waals surface area (Å²) in [4.78, 5) is 13.1. The predicted molar refractivity (Wildman–Crippen MR) is 112 cm³/mol. The van der Waals surface area contributed by atoms with E-state index < -0.39 is 17.9 Å². The molecule has 4 rings (SSSR count). The lowest BCUT2D eigenvalue weighted by Crippen LogP contribution is -2.44. The number of rotatable bonds is 6. The summed E-state index contributed by atoms with van der Waals surface area (Å²) in [5.41, 5.74) is -0.179. The maximum atomic E-state index is 14.0. The molecule has 0 spiro atoms. The molecule has 3 unspecified atom stereocenters. The minimum atomic E-state index is -2.89. The van der Waals surface area contributed by atoms with Crippen LogP contribution in [0.2, 0.25) is 5.02 Å². The number of fused-ring (bicyclic) bond motifs is 1. The minimum absolute atomic E-state index is 0.00354. The first-order valence-electron chi connectivity index (χ1n) is 10.7. The van der Waals surface area contributed by atoms with Crippen molar-refractivity contribution >= 4 is 28.3 Å². The van der Waals surface area contributed by atoms with Crippen LogP contribution in [0.4, 0.5) is 8.78 Å². The number of Topliss-reactive ketones (excluding diaryl/α,β-unsaturated/α-hetero) is 1. The molecule has 0 amide bonds. The second kappa shape index (κ2) is 8.21. The van der Waals surface area contributed by atoms with Gasteiger partial charge in [-0.1, -0.05) is 24.6 Å². The molecule has 2 aromatic rings. The molecular formula is C23H28ClF2NO3. The number of halogens is 3. The van der Waals surface area contributed by atoms with Gasteiger partial charge in [-0.2, -0.15) is 0 Å². The van der Waals surface area contributed by atoms with Crippen molar-refractivity contribution in [3.63, 3.8) is 0 Å². The largest absolute Gasteiger partial charge is 0.390 e. The zero-order valence-corrected chi connectivity index (χ0v) is 17.9. The van der Waals surface area contributed by atoms with E-state index in [2.05, 4.69) is 0 Å². The molecule has 164 valence electrons. The van der Waals surface area contributed by atoms with Crippen molar-refractivity contribution in [3.05, 3.63) is 35.0 Å². The number of hydrogen-bond acceptors (Lipinski definition) is 3. The smallest absolute Gasteiger partial charge is 0.251 e. The highest BCUT2D eigenvalue weighted by atomic mass is 35.5. The van der Waals surface area contributed by atoms with Crippen molar-refractivity contribution in [2.45, 2.75) is 76.0 Å². The lowest BCUT2D eigenvalue weighted by atomic mass is 9.74. The van der Waals surface area contributed by atoms with E-state index in [1.54, 1.807) is 19.2 Å². The maximum Gasteiger partial charge on any atom is 0.251 e. The normalized spacial score (nSPS) is 28.8. The van der Waals surface area contributed by atoms with E-state index in [4.69, 9.17) is 16.3 Å². The van der Waals surface area contributed by atoms with Gasteiger partial charge in [0.25, 0.3) is 5.92 Å². The second-order valence-electron chi connectivity index (χ2n) is 9.16. The fourth-order valence-electron chi connectivity index (χ4n) is 5.21. The summed E-state index contributed by atoms with van der Waals surface area (Å²) >= 11 is 6.42. The SMILES string of the molecule is CC1CC(F)(F)CC(O)(CCC(=O)c2cn(CC3CCCO3)c3cccc(Cl)c23)C1. The Morgan fingerprint density at radius 1 is 1.37 bits per heavy atom. The van der Waals surface area contributed by atoms with Crippen LogP contribution < -0.4 is 0 Å². The molecule has 1 aromatic carbocycles. The number of aromatic nitrogens is 1. The zero-order chi connectivity index (χ0) is 21.5. The van der Waals surface area contributed by atoms with Gasteiger partial charge in [0, 0.05) is 49.6 Å². The molecule has 2 fully saturated rings. The summed E-state index contributed by atoms with van der Waals surface area (Å²) in [7, 11) is 0. The van der Waals surface area contributed by atoms with E-state index in [1.807, 2.05) is 16.7 Å². The third kappa shape index (κ3) is 4.56. The van der Waals surface area contributed by atoms with Gasteiger partial charge in [0.15, 0.2) is 5.78 Å². The number of carbonyl (C=O) groups excluding carboxylic acids is 1. The molecule has 0 radical (unpaired) electrons. The molecule has 0 bridgehead atoms. The van der Waals surface area contributed by atoms with Crippen LogP contribution in [0.5, 0.6) is 0 Å². The molecule has 2 heterocycles. The Hall–Kier alpha value is -1.50. The van der Waals surface area contributed by atoms with Crippen LogP contribution in [0, 0.1) is 5.92 Å².